The van der Waals surface area contributed by atoms with Crippen LogP contribution in [0.25, 0.3) is 10.7 Å². The molecule has 0 radical (unpaired) electrons. The third-order valence-electron chi connectivity index (χ3n) is 3.11. The lowest BCUT2D eigenvalue weighted by atomic mass is 10.3. The van der Waals surface area contributed by atoms with Crippen LogP contribution >= 0.6 is 11.3 Å². The second kappa shape index (κ2) is 5.07. The van der Waals surface area contributed by atoms with Gasteiger partial charge in [0, 0.05) is 25.3 Å². The molecule has 0 spiro atoms. The zero-order valence-corrected chi connectivity index (χ0v) is 11.1. The smallest absolute Gasteiger partial charge is 0.265 e. The molecule has 0 unspecified atom stereocenters. The minimum absolute atomic E-state index is 0.0210. The predicted octanol–water partition coefficient (Wildman–Crippen LogP) is 1.38. The van der Waals surface area contributed by atoms with Gasteiger partial charge in [0.15, 0.2) is 0 Å². The van der Waals surface area contributed by atoms with Crippen molar-refractivity contribution in [2.45, 2.75) is 12.5 Å². The molecule has 19 heavy (non-hydrogen) atoms. The first kappa shape index (κ1) is 12.3. The molecule has 1 fully saturated rings. The number of hydrogen-bond acceptors (Lipinski definition) is 5. The van der Waals surface area contributed by atoms with Crippen molar-refractivity contribution in [2.75, 3.05) is 13.1 Å². The van der Waals surface area contributed by atoms with Gasteiger partial charge in [0.25, 0.3) is 5.91 Å². The molecule has 5 nitrogen and oxygen atoms in total. The van der Waals surface area contributed by atoms with Gasteiger partial charge in [-0.05, 0) is 18.6 Å². The number of pyridine rings is 1. The molecular weight excluding hydrogens is 260 g/mol. The van der Waals surface area contributed by atoms with Crippen LogP contribution in [-0.2, 0) is 0 Å². The summed E-state index contributed by atoms with van der Waals surface area (Å²) < 4.78 is 0. The van der Waals surface area contributed by atoms with Crippen LogP contribution in [-0.4, -0.2) is 39.9 Å². The summed E-state index contributed by atoms with van der Waals surface area (Å²) in [6.45, 7) is 1.37. The monoisotopic (exact) mass is 274 g/mol. The summed E-state index contributed by atoms with van der Waals surface area (Å²) in [6, 6.07) is 5.75. The molecule has 98 valence electrons. The van der Waals surface area contributed by atoms with Crippen LogP contribution in [0.1, 0.15) is 16.1 Å². The molecule has 0 aliphatic carbocycles. The maximum atomic E-state index is 12.3. The Kier molecular flexibility index (Phi) is 3.27. The van der Waals surface area contributed by atoms with Gasteiger partial charge in [-0.2, -0.15) is 0 Å². The first-order valence-corrected chi connectivity index (χ1v) is 6.98. The Balaban J connectivity index is 1.80. The largest absolute Gasteiger partial charge is 0.336 e. The Morgan fingerprint density at radius 2 is 2.32 bits per heavy atom. The number of hydrogen-bond donors (Lipinski definition) is 1. The summed E-state index contributed by atoms with van der Waals surface area (Å²) in [5, 5.41) is 0.771. The number of aromatic nitrogens is 2. The van der Waals surface area contributed by atoms with E-state index in [0.29, 0.717) is 11.4 Å². The van der Waals surface area contributed by atoms with E-state index in [4.69, 9.17) is 5.73 Å². The number of nitrogens with zero attached hydrogens (tertiary/aromatic N) is 3. The Labute approximate surface area is 115 Å². The molecule has 0 aromatic carbocycles. The Morgan fingerprint density at radius 1 is 1.42 bits per heavy atom. The fourth-order valence-corrected chi connectivity index (χ4v) is 2.97. The predicted molar refractivity (Wildman–Crippen MR) is 73.8 cm³/mol. The molecule has 1 aliphatic heterocycles. The average molecular weight is 274 g/mol. The maximum Gasteiger partial charge on any atom is 0.265 e. The number of nitrogens with two attached hydrogens (primary N) is 1. The van der Waals surface area contributed by atoms with Crippen molar-refractivity contribution in [3.05, 3.63) is 35.5 Å². The van der Waals surface area contributed by atoms with Crippen molar-refractivity contribution < 1.29 is 4.79 Å². The van der Waals surface area contributed by atoms with Gasteiger partial charge in [-0.3, -0.25) is 9.78 Å². The van der Waals surface area contributed by atoms with Crippen molar-refractivity contribution in [1.82, 2.24) is 14.9 Å². The highest BCUT2D eigenvalue weighted by molar-refractivity contribution is 7.16. The highest BCUT2D eigenvalue weighted by atomic mass is 32.1. The number of carbonyl (C=O) groups is 1. The second-order valence-corrected chi connectivity index (χ2v) is 5.58. The molecule has 2 aromatic rings. The van der Waals surface area contributed by atoms with Crippen LogP contribution < -0.4 is 5.73 Å². The fraction of sp³-hybridized carbons (Fsp3) is 0.308. The minimum Gasteiger partial charge on any atom is -0.336 e. The fourth-order valence-electron chi connectivity index (χ4n) is 2.11. The second-order valence-electron chi connectivity index (χ2n) is 4.54. The summed E-state index contributed by atoms with van der Waals surface area (Å²) in [6.07, 6.45) is 4.22. The molecule has 1 amide bonds. The lowest BCUT2D eigenvalue weighted by molar-refractivity contribution is 0.0795. The number of rotatable bonds is 2. The normalized spacial score (nSPS) is 18.8. The van der Waals surface area contributed by atoms with E-state index >= 15 is 0 Å². The van der Waals surface area contributed by atoms with Crippen molar-refractivity contribution >= 4 is 17.2 Å². The number of likely N-dealkylation sites (tertiary alicyclic amines) is 1. The van der Waals surface area contributed by atoms with Crippen LogP contribution in [0, 0.1) is 0 Å². The third-order valence-corrected chi connectivity index (χ3v) is 4.12. The van der Waals surface area contributed by atoms with Crippen LogP contribution in [0.2, 0.25) is 0 Å². The first-order valence-electron chi connectivity index (χ1n) is 6.16. The van der Waals surface area contributed by atoms with Crippen LogP contribution in [0.5, 0.6) is 0 Å². The number of carbonyl (C=O) groups excluding carboxylic acids is 1. The van der Waals surface area contributed by atoms with E-state index in [1.807, 2.05) is 18.2 Å². The molecule has 1 saturated heterocycles. The number of amides is 1. The van der Waals surface area contributed by atoms with E-state index in [1.54, 1.807) is 17.3 Å². The van der Waals surface area contributed by atoms with Crippen molar-refractivity contribution in [3.8, 4) is 10.7 Å². The summed E-state index contributed by atoms with van der Waals surface area (Å²) in [5.41, 5.74) is 6.62. The van der Waals surface area contributed by atoms with Gasteiger partial charge in [0.05, 0.1) is 11.9 Å². The number of thiazole rings is 1. The van der Waals surface area contributed by atoms with Gasteiger partial charge in [-0.15, -0.1) is 11.3 Å². The molecule has 6 heteroatoms. The molecule has 2 N–H and O–H groups in total. The van der Waals surface area contributed by atoms with Gasteiger partial charge >= 0.3 is 0 Å². The summed E-state index contributed by atoms with van der Waals surface area (Å²) >= 11 is 1.38. The SMILES string of the molecule is N[C@H]1CCN(C(=O)c2cnc(-c3ccccn3)s2)C1. The van der Waals surface area contributed by atoms with Crippen LogP contribution in [0.15, 0.2) is 30.6 Å². The molecule has 0 saturated carbocycles. The van der Waals surface area contributed by atoms with E-state index in [9.17, 15) is 4.79 Å². The van der Waals surface area contributed by atoms with Crippen molar-refractivity contribution in [1.29, 1.82) is 0 Å². The zero-order valence-electron chi connectivity index (χ0n) is 10.3. The van der Waals surface area contributed by atoms with E-state index in [0.717, 1.165) is 23.7 Å². The lowest BCUT2D eigenvalue weighted by Gasteiger charge is -2.13. The van der Waals surface area contributed by atoms with Crippen LogP contribution in [0.4, 0.5) is 0 Å². The Hall–Kier alpha value is -1.79. The molecule has 3 rings (SSSR count). The first-order chi connectivity index (χ1) is 9.24. The molecule has 1 atom stereocenters. The summed E-state index contributed by atoms with van der Waals surface area (Å²) in [5.74, 6) is 0.0210. The third kappa shape index (κ3) is 2.50. The lowest BCUT2D eigenvalue weighted by Crippen LogP contribution is -2.31. The van der Waals surface area contributed by atoms with Gasteiger partial charge in [0.1, 0.15) is 9.88 Å². The highest BCUT2D eigenvalue weighted by Gasteiger charge is 2.26. The summed E-state index contributed by atoms with van der Waals surface area (Å²) in [7, 11) is 0. The Morgan fingerprint density at radius 3 is 3.00 bits per heavy atom. The molecule has 2 aromatic heterocycles. The average Bonchev–Trinajstić information content (AvgIpc) is 3.08. The van der Waals surface area contributed by atoms with Gasteiger partial charge in [-0.1, -0.05) is 6.07 Å². The standard InChI is InChI=1S/C13H14N4OS/c14-9-4-6-17(8-9)13(18)11-7-16-12(19-11)10-3-1-2-5-15-10/h1-3,5,7,9H,4,6,8,14H2/t9-/m0/s1. The van der Waals surface area contributed by atoms with Gasteiger partial charge in [-0.25, -0.2) is 4.98 Å². The molecule has 3 heterocycles. The van der Waals surface area contributed by atoms with E-state index in [2.05, 4.69) is 9.97 Å². The summed E-state index contributed by atoms with van der Waals surface area (Å²) in [4.78, 5) is 23.2. The topological polar surface area (TPSA) is 72.1 Å². The van der Waals surface area contributed by atoms with Crippen molar-refractivity contribution in [3.63, 3.8) is 0 Å². The zero-order chi connectivity index (χ0) is 13.2. The van der Waals surface area contributed by atoms with E-state index in [1.165, 1.54) is 11.3 Å². The minimum atomic E-state index is 0.0210. The van der Waals surface area contributed by atoms with Crippen molar-refractivity contribution in [2.24, 2.45) is 5.73 Å². The maximum absolute atomic E-state index is 12.3. The van der Waals surface area contributed by atoms with Gasteiger partial charge in [0.2, 0.25) is 0 Å². The highest BCUT2D eigenvalue weighted by Crippen LogP contribution is 2.25. The molecule has 1 aliphatic rings. The van der Waals surface area contributed by atoms with E-state index < -0.39 is 0 Å². The molecular formula is C13H14N4OS. The molecule has 0 bridgehead atoms. The van der Waals surface area contributed by atoms with Gasteiger partial charge < -0.3 is 10.6 Å². The Bertz CT molecular complexity index is 583. The van der Waals surface area contributed by atoms with Crippen LogP contribution in [0.3, 0.4) is 0 Å². The van der Waals surface area contributed by atoms with E-state index in [-0.39, 0.29) is 11.9 Å². The quantitative estimate of drug-likeness (QED) is 0.898.